The number of likely N-dealkylation sites (tertiary alicyclic amines) is 1. The van der Waals surface area contributed by atoms with Gasteiger partial charge in [-0.15, -0.1) is 0 Å². The molecule has 1 aromatic heterocycles. The van der Waals surface area contributed by atoms with Crippen molar-refractivity contribution in [3.63, 3.8) is 0 Å². The van der Waals surface area contributed by atoms with E-state index in [9.17, 15) is 4.79 Å². The average molecular weight is 280 g/mol. The van der Waals surface area contributed by atoms with Crippen LogP contribution in [0.4, 0.5) is 0 Å². The normalized spacial score (nSPS) is 16.6. The predicted octanol–water partition coefficient (Wildman–Crippen LogP) is 0.456. The van der Waals surface area contributed by atoms with Gasteiger partial charge in [0.15, 0.2) is 0 Å². The summed E-state index contributed by atoms with van der Waals surface area (Å²) in [6, 6.07) is 0.473. The largest absolute Gasteiger partial charge is 0.375 e. The van der Waals surface area contributed by atoms with Gasteiger partial charge in [-0.25, -0.2) is 0 Å². The van der Waals surface area contributed by atoms with E-state index < -0.39 is 0 Å². The SMILES string of the molecule is COCC(=O)N1CCC(NCc2cn(C)nc2C)CC1. The number of hydrogen-bond acceptors (Lipinski definition) is 4. The van der Waals surface area contributed by atoms with E-state index in [-0.39, 0.29) is 12.5 Å². The number of aromatic nitrogens is 2. The van der Waals surface area contributed by atoms with Gasteiger partial charge < -0.3 is 15.0 Å². The standard InChI is InChI=1S/C14H24N4O2/c1-11-12(9-17(2)16-11)8-15-13-4-6-18(7-5-13)14(19)10-20-3/h9,13,15H,4-8,10H2,1-3H3. The third-order valence-corrected chi connectivity index (χ3v) is 3.81. The molecule has 0 atom stereocenters. The summed E-state index contributed by atoms with van der Waals surface area (Å²) in [7, 11) is 3.50. The van der Waals surface area contributed by atoms with Crippen LogP contribution in [0.2, 0.25) is 0 Å². The van der Waals surface area contributed by atoms with Gasteiger partial charge in [0.25, 0.3) is 0 Å². The molecule has 20 heavy (non-hydrogen) atoms. The van der Waals surface area contributed by atoms with Crippen molar-refractivity contribution in [2.75, 3.05) is 26.8 Å². The molecule has 0 aromatic carbocycles. The van der Waals surface area contributed by atoms with E-state index >= 15 is 0 Å². The third kappa shape index (κ3) is 3.80. The zero-order valence-electron chi connectivity index (χ0n) is 12.6. The van der Waals surface area contributed by atoms with Crippen LogP contribution < -0.4 is 5.32 Å². The summed E-state index contributed by atoms with van der Waals surface area (Å²) in [5, 5.41) is 7.90. The molecule has 0 unspecified atom stereocenters. The number of ether oxygens (including phenoxy) is 1. The van der Waals surface area contributed by atoms with Crippen LogP contribution in [0.5, 0.6) is 0 Å². The second kappa shape index (κ2) is 6.85. The first-order chi connectivity index (χ1) is 9.60. The Balaban J connectivity index is 1.74. The molecule has 6 heteroatoms. The lowest BCUT2D eigenvalue weighted by Gasteiger charge is -2.32. The van der Waals surface area contributed by atoms with Crippen molar-refractivity contribution in [2.24, 2.45) is 7.05 Å². The molecule has 1 fully saturated rings. The van der Waals surface area contributed by atoms with Gasteiger partial charge in [0.1, 0.15) is 6.61 Å². The van der Waals surface area contributed by atoms with E-state index in [4.69, 9.17) is 4.74 Å². The maximum absolute atomic E-state index is 11.7. The van der Waals surface area contributed by atoms with Crippen molar-refractivity contribution in [1.82, 2.24) is 20.0 Å². The number of nitrogens with zero attached hydrogens (tertiary/aromatic N) is 3. The van der Waals surface area contributed by atoms with Crippen molar-refractivity contribution in [3.8, 4) is 0 Å². The smallest absolute Gasteiger partial charge is 0.248 e. The first-order valence-corrected chi connectivity index (χ1v) is 7.09. The lowest BCUT2D eigenvalue weighted by Crippen LogP contribution is -2.45. The molecular weight excluding hydrogens is 256 g/mol. The predicted molar refractivity (Wildman–Crippen MR) is 76.3 cm³/mol. The highest BCUT2D eigenvalue weighted by molar-refractivity contribution is 5.77. The molecule has 2 heterocycles. The number of carbonyl (C=O) groups is 1. The molecule has 1 aliphatic heterocycles. The van der Waals surface area contributed by atoms with Gasteiger partial charge in [-0.2, -0.15) is 5.10 Å². The molecule has 0 radical (unpaired) electrons. The van der Waals surface area contributed by atoms with E-state index in [0.717, 1.165) is 38.2 Å². The zero-order valence-corrected chi connectivity index (χ0v) is 12.6. The number of nitrogens with one attached hydrogen (secondary N) is 1. The average Bonchev–Trinajstić information content (AvgIpc) is 2.75. The maximum Gasteiger partial charge on any atom is 0.248 e. The fourth-order valence-electron chi connectivity index (χ4n) is 2.62. The van der Waals surface area contributed by atoms with Crippen molar-refractivity contribution < 1.29 is 9.53 Å². The van der Waals surface area contributed by atoms with Gasteiger partial charge in [0.2, 0.25) is 5.91 Å². The maximum atomic E-state index is 11.7. The number of hydrogen-bond donors (Lipinski definition) is 1. The summed E-state index contributed by atoms with van der Waals surface area (Å²) in [5.41, 5.74) is 2.32. The van der Waals surface area contributed by atoms with Gasteiger partial charge in [-0.1, -0.05) is 0 Å². The summed E-state index contributed by atoms with van der Waals surface area (Å²) in [6.07, 6.45) is 4.04. The van der Waals surface area contributed by atoms with Gasteiger partial charge in [-0.3, -0.25) is 9.48 Å². The van der Waals surface area contributed by atoms with Gasteiger partial charge in [-0.05, 0) is 19.8 Å². The van der Waals surface area contributed by atoms with Crippen molar-refractivity contribution in [1.29, 1.82) is 0 Å². The Morgan fingerprint density at radius 3 is 2.75 bits per heavy atom. The van der Waals surface area contributed by atoms with E-state index in [1.54, 1.807) is 7.11 Å². The summed E-state index contributed by atoms with van der Waals surface area (Å²) in [5.74, 6) is 0.0917. The van der Waals surface area contributed by atoms with Crippen molar-refractivity contribution >= 4 is 5.91 Å². The van der Waals surface area contributed by atoms with Crippen molar-refractivity contribution in [2.45, 2.75) is 32.4 Å². The third-order valence-electron chi connectivity index (χ3n) is 3.81. The molecular formula is C14H24N4O2. The topological polar surface area (TPSA) is 59.4 Å². The molecule has 0 aliphatic carbocycles. The molecule has 1 aliphatic rings. The molecule has 6 nitrogen and oxygen atoms in total. The van der Waals surface area contributed by atoms with E-state index in [1.807, 2.05) is 23.6 Å². The fourth-order valence-corrected chi connectivity index (χ4v) is 2.62. The minimum atomic E-state index is 0.0917. The van der Waals surface area contributed by atoms with Crippen LogP contribution in [0, 0.1) is 6.92 Å². The van der Waals surface area contributed by atoms with Crippen LogP contribution >= 0.6 is 0 Å². The van der Waals surface area contributed by atoms with Crippen LogP contribution in [0.15, 0.2) is 6.20 Å². The Morgan fingerprint density at radius 1 is 1.50 bits per heavy atom. The number of piperidine rings is 1. The Kier molecular flexibility index (Phi) is 5.14. The minimum Gasteiger partial charge on any atom is -0.375 e. The minimum absolute atomic E-state index is 0.0917. The fraction of sp³-hybridized carbons (Fsp3) is 0.714. The lowest BCUT2D eigenvalue weighted by molar-refractivity contribution is -0.136. The van der Waals surface area contributed by atoms with Crippen LogP contribution in [-0.4, -0.2) is 53.4 Å². The van der Waals surface area contributed by atoms with Crippen LogP contribution in [0.3, 0.4) is 0 Å². The Labute approximate surface area is 120 Å². The van der Waals surface area contributed by atoms with E-state index in [0.29, 0.717) is 6.04 Å². The molecule has 112 valence electrons. The quantitative estimate of drug-likeness (QED) is 0.851. The van der Waals surface area contributed by atoms with Crippen LogP contribution in [0.1, 0.15) is 24.1 Å². The summed E-state index contributed by atoms with van der Waals surface area (Å²) < 4.78 is 6.73. The first-order valence-electron chi connectivity index (χ1n) is 7.09. The number of amides is 1. The van der Waals surface area contributed by atoms with Crippen LogP contribution in [-0.2, 0) is 23.1 Å². The molecule has 0 saturated carbocycles. The highest BCUT2D eigenvalue weighted by atomic mass is 16.5. The molecule has 1 saturated heterocycles. The molecule has 0 bridgehead atoms. The summed E-state index contributed by atoms with van der Waals surface area (Å²) in [4.78, 5) is 13.6. The molecule has 2 rings (SSSR count). The molecule has 0 spiro atoms. The second-order valence-electron chi connectivity index (χ2n) is 5.38. The van der Waals surface area contributed by atoms with Gasteiger partial charge in [0, 0.05) is 51.6 Å². The van der Waals surface area contributed by atoms with Crippen molar-refractivity contribution in [3.05, 3.63) is 17.5 Å². The van der Waals surface area contributed by atoms with E-state index in [1.165, 1.54) is 5.56 Å². The highest BCUT2D eigenvalue weighted by Crippen LogP contribution is 2.12. The monoisotopic (exact) mass is 280 g/mol. The molecule has 1 N–H and O–H groups in total. The molecule has 1 aromatic rings. The Morgan fingerprint density at radius 2 is 2.20 bits per heavy atom. The number of carbonyl (C=O) groups excluding carboxylic acids is 1. The van der Waals surface area contributed by atoms with Gasteiger partial charge in [0.05, 0.1) is 5.69 Å². The summed E-state index contributed by atoms with van der Waals surface area (Å²) >= 11 is 0. The Hall–Kier alpha value is -1.40. The number of methoxy groups -OCH3 is 1. The Bertz CT molecular complexity index is 450. The van der Waals surface area contributed by atoms with Gasteiger partial charge >= 0.3 is 0 Å². The van der Waals surface area contributed by atoms with Crippen LogP contribution in [0.25, 0.3) is 0 Å². The zero-order chi connectivity index (χ0) is 14.5. The van der Waals surface area contributed by atoms with E-state index in [2.05, 4.69) is 16.6 Å². The second-order valence-corrected chi connectivity index (χ2v) is 5.38. The number of rotatable bonds is 5. The number of aryl methyl sites for hydroxylation is 2. The first kappa shape index (κ1) is 15.0. The lowest BCUT2D eigenvalue weighted by atomic mass is 10.0. The highest BCUT2D eigenvalue weighted by Gasteiger charge is 2.22. The summed E-state index contributed by atoms with van der Waals surface area (Å²) in [6.45, 7) is 4.68. The molecule has 1 amide bonds.